The van der Waals surface area contributed by atoms with Crippen LogP contribution in [0.3, 0.4) is 0 Å². The summed E-state index contributed by atoms with van der Waals surface area (Å²) in [5.41, 5.74) is 0.00835. The van der Waals surface area contributed by atoms with Crippen LogP contribution in [-0.2, 0) is 0 Å². The number of hydrogen-bond donors (Lipinski definition) is 2. The third-order valence-corrected chi connectivity index (χ3v) is 4.12. The van der Waals surface area contributed by atoms with E-state index in [1.165, 1.54) is 12.5 Å². The van der Waals surface area contributed by atoms with Crippen LogP contribution in [0.25, 0.3) is 0 Å². The van der Waals surface area contributed by atoms with E-state index in [1.807, 2.05) is 4.90 Å². The number of amides is 1. The molecule has 3 heterocycles. The Morgan fingerprint density at radius 1 is 1.38 bits per heavy atom. The molecule has 1 aliphatic rings. The standard InChI is InChI=1S/C16H20N6O2/c1-12-13(8-17-11-21-12)14(23)20-9-16(24)4-2-7-22(10-16)15-18-5-3-6-19-15/h3,5-6,8,11,24H,2,4,7,9-10H2,1H3,(H,20,23)/t16-/m0/s1. The highest BCUT2D eigenvalue weighted by molar-refractivity contribution is 5.94. The predicted molar refractivity (Wildman–Crippen MR) is 87.5 cm³/mol. The van der Waals surface area contributed by atoms with E-state index in [4.69, 9.17) is 0 Å². The van der Waals surface area contributed by atoms with Gasteiger partial charge in [-0.25, -0.2) is 19.9 Å². The second-order valence-corrected chi connectivity index (χ2v) is 6.00. The van der Waals surface area contributed by atoms with Gasteiger partial charge in [0.1, 0.15) is 6.33 Å². The quantitative estimate of drug-likeness (QED) is 0.834. The van der Waals surface area contributed by atoms with Gasteiger partial charge in [0, 0.05) is 31.7 Å². The van der Waals surface area contributed by atoms with Crippen molar-refractivity contribution in [3.8, 4) is 0 Å². The van der Waals surface area contributed by atoms with Gasteiger partial charge in [-0.15, -0.1) is 0 Å². The molecule has 126 valence electrons. The fourth-order valence-electron chi connectivity index (χ4n) is 2.84. The minimum absolute atomic E-state index is 0.156. The molecule has 2 aromatic rings. The Bertz CT molecular complexity index is 711. The number of aryl methyl sites for hydroxylation is 1. The molecule has 3 rings (SSSR count). The molecule has 1 saturated heterocycles. The van der Waals surface area contributed by atoms with E-state index in [0.717, 1.165) is 13.0 Å². The Morgan fingerprint density at radius 2 is 2.17 bits per heavy atom. The SMILES string of the molecule is Cc1ncncc1C(=O)NC[C@@]1(O)CCCN(c2ncccn2)C1. The number of carbonyl (C=O) groups excluding carboxylic acids is 1. The number of rotatable bonds is 4. The van der Waals surface area contributed by atoms with Gasteiger partial charge in [-0.3, -0.25) is 4.79 Å². The van der Waals surface area contributed by atoms with Crippen molar-refractivity contribution in [1.29, 1.82) is 0 Å². The molecule has 0 unspecified atom stereocenters. The summed E-state index contributed by atoms with van der Waals surface area (Å²) in [7, 11) is 0. The molecule has 1 atom stereocenters. The van der Waals surface area contributed by atoms with Crippen molar-refractivity contribution >= 4 is 11.9 Å². The van der Waals surface area contributed by atoms with Crippen molar-refractivity contribution in [1.82, 2.24) is 25.3 Å². The number of nitrogens with one attached hydrogen (secondary N) is 1. The van der Waals surface area contributed by atoms with Gasteiger partial charge in [0.15, 0.2) is 0 Å². The van der Waals surface area contributed by atoms with Crippen LogP contribution in [0.4, 0.5) is 5.95 Å². The number of aliphatic hydroxyl groups is 1. The normalized spacial score (nSPS) is 20.7. The molecule has 2 N–H and O–H groups in total. The van der Waals surface area contributed by atoms with Gasteiger partial charge in [0.2, 0.25) is 5.95 Å². The smallest absolute Gasteiger partial charge is 0.254 e. The maximum absolute atomic E-state index is 12.3. The second kappa shape index (κ2) is 6.88. The molecule has 0 aromatic carbocycles. The van der Waals surface area contributed by atoms with E-state index in [-0.39, 0.29) is 12.5 Å². The lowest BCUT2D eigenvalue weighted by Crippen LogP contribution is -2.54. The van der Waals surface area contributed by atoms with Crippen LogP contribution >= 0.6 is 0 Å². The van der Waals surface area contributed by atoms with Gasteiger partial charge in [0.25, 0.3) is 5.91 Å². The van der Waals surface area contributed by atoms with Crippen LogP contribution in [-0.4, -0.2) is 56.2 Å². The topological polar surface area (TPSA) is 104 Å². The highest BCUT2D eigenvalue weighted by atomic mass is 16.3. The lowest BCUT2D eigenvalue weighted by molar-refractivity contribution is 0.0252. The monoisotopic (exact) mass is 328 g/mol. The van der Waals surface area contributed by atoms with E-state index < -0.39 is 5.60 Å². The van der Waals surface area contributed by atoms with Crippen molar-refractivity contribution in [2.45, 2.75) is 25.4 Å². The van der Waals surface area contributed by atoms with E-state index >= 15 is 0 Å². The van der Waals surface area contributed by atoms with Gasteiger partial charge in [-0.2, -0.15) is 0 Å². The molecule has 24 heavy (non-hydrogen) atoms. The summed E-state index contributed by atoms with van der Waals surface area (Å²) in [5, 5.41) is 13.6. The molecule has 1 fully saturated rings. The molecule has 0 spiro atoms. The third-order valence-electron chi connectivity index (χ3n) is 4.12. The van der Waals surface area contributed by atoms with Crippen LogP contribution in [0, 0.1) is 6.92 Å². The van der Waals surface area contributed by atoms with Gasteiger partial charge >= 0.3 is 0 Å². The number of nitrogens with zero attached hydrogens (tertiary/aromatic N) is 5. The fourth-order valence-corrected chi connectivity index (χ4v) is 2.84. The first-order chi connectivity index (χ1) is 11.6. The van der Waals surface area contributed by atoms with Crippen LogP contribution in [0.5, 0.6) is 0 Å². The molecule has 2 aromatic heterocycles. The van der Waals surface area contributed by atoms with Gasteiger partial charge in [-0.1, -0.05) is 0 Å². The number of hydrogen-bond acceptors (Lipinski definition) is 7. The number of β-amino-alcohol motifs (C(OH)–C–C–N with tert-alkyl or cyclic N) is 1. The van der Waals surface area contributed by atoms with Crippen LogP contribution < -0.4 is 10.2 Å². The van der Waals surface area contributed by atoms with Crippen molar-refractivity contribution in [2.75, 3.05) is 24.5 Å². The fraction of sp³-hybridized carbons (Fsp3) is 0.438. The molecule has 0 radical (unpaired) electrons. The van der Waals surface area contributed by atoms with Crippen molar-refractivity contribution in [3.63, 3.8) is 0 Å². The van der Waals surface area contributed by atoms with Gasteiger partial charge in [0.05, 0.1) is 23.4 Å². The molecular weight excluding hydrogens is 308 g/mol. The maximum atomic E-state index is 12.3. The minimum Gasteiger partial charge on any atom is -0.386 e. The Labute approximate surface area is 140 Å². The summed E-state index contributed by atoms with van der Waals surface area (Å²) in [6.07, 6.45) is 7.65. The second-order valence-electron chi connectivity index (χ2n) is 6.00. The van der Waals surface area contributed by atoms with E-state index in [9.17, 15) is 9.90 Å². The van der Waals surface area contributed by atoms with E-state index in [1.54, 1.807) is 25.4 Å². The number of carbonyl (C=O) groups is 1. The molecule has 0 saturated carbocycles. The first-order valence-electron chi connectivity index (χ1n) is 7.87. The van der Waals surface area contributed by atoms with E-state index in [0.29, 0.717) is 30.2 Å². The number of aromatic nitrogens is 4. The lowest BCUT2D eigenvalue weighted by Gasteiger charge is -2.39. The Morgan fingerprint density at radius 3 is 2.92 bits per heavy atom. The van der Waals surface area contributed by atoms with Crippen LogP contribution in [0.15, 0.2) is 31.0 Å². The molecule has 0 aliphatic carbocycles. The van der Waals surface area contributed by atoms with Crippen LogP contribution in [0.1, 0.15) is 28.9 Å². The first kappa shape index (κ1) is 16.3. The molecule has 1 aliphatic heterocycles. The molecule has 8 nitrogen and oxygen atoms in total. The Balaban J connectivity index is 1.64. The highest BCUT2D eigenvalue weighted by Gasteiger charge is 2.34. The zero-order valence-corrected chi connectivity index (χ0v) is 13.5. The maximum Gasteiger partial charge on any atom is 0.254 e. The molecule has 1 amide bonds. The third kappa shape index (κ3) is 3.65. The zero-order chi connectivity index (χ0) is 17.0. The summed E-state index contributed by atoms with van der Waals surface area (Å²) in [6.45, 7) is 3.07. The average molecular weight is 328 g/mol. The molecule has 8 heteroatoms. The summed E-state index contributed by atoms with van der Waals surface area (Å²) in [4.78, 5) is 30.5. The summed E-state index contributed by atoms with van der Waals surface area (Å²) >= 11 is 0. The predicted octanol–water partition coefficient (Wildman–Crippen LogP) is 0.336. The largest absolute Gasteiger partial charge is 0.386 e. The summed E-state index contributed by atoms with van der Waals surface area (Å²) in [5.74, 6) is 0.309. The highest BCUT2D eigenvalue weighted by Crippen LogP contribution is 2.23. The van der Waals surface area contributed by atoms with Gasteiger partial charge < -0.3 is 15.3 Å². The first-order valence-corrected chi connectivity index (χ1v) is 7.87. The number of anilines is 1. The van der Waals surface area contributed by atoms with E-state index in [2.05, 4.69) is 25.3 Å². The van der Waals surface area contributed by atoms with Gasteiger partial charge in [-0.05, 0) is 25.8 Å². The Hall–Kier alpha value is -2.61. The van der Waals surface area contributed by atoms with Crippen molar-refractivity contribution in [2.24, 2.45) is 0 Å². The summed E-state index contributed by atoms with van der Waals surface area (Å²) < 4.78 is 0. The zero-order valence-electron chi connectivity index (χ0n) is 13.5. The van der Waals surface area contributed by atoms with Crippen molar-refractivity contribution in [3.05, 3.63) is 42.2 Å². The van der Waals surface area contributed by atoms with Crippen LogP contribution in [0.2, 0.25) is 0 Å². The van der Waals surface area contributed by atoms with Crippen molar-refractivity contribution < 1.29 is 9.90 Å². The number of piperidine rings is 1. The summed E-state index contributed by atoms with van der Waals surface area (Å²) in [6, 6.07) is 1.75. The minimum atomic E-state index is -1.02. The Kier molecular flexibility index (Phi) is 4.66. The molecule has 0 bridgehead atoms. The molecular formula is C16H20N6O2. The lowest BCUT2D eigenvalue weighted by atomic mass is 9.93. The average Bonchev–Trinajstić information content (AvgIpc) is 2.61.